The van der Waals surface area contributed by atoms with Gasteiger partial charge in [0.1, 0.15) is 0 Å². The van der Waals surface area contributed by atoms with Crippen molar-refractivity contribution in [2.75, 3.05) is 18.0 Å². The Bertz CT molecular complexity index is 439. The zero-order valence-corrected chi connectivity index (χ0v) is 12.7. The second-order valence-electron chi connectivity index (χ2n) is 6.66. The molecule has 0 aromatic carbocycles. The van der Waals surface area contributed by atoms with E-state index in [0.29, 0.717) is 5.41 Å². The molecule has 0 saturated carbocycles. The van der Waals surface area contributed by atoms with Gasteiger partial charge in [-0.2, -0.15) is 0 Å². The smallest absolute Gasteiger partial charge is 0.244 e. The summed E-state index contributed by atoms with van der Waals surface area (Å²) >= 11 is 0. The van der Waals surface area contributed by atoms with E-state index in [0.717, 1.165) is 38.0 Å². The van der Waals surface area contributed by atoms with Crippen molar-refractivity contribution >= 4 is 11.6 Å². The normalized spacial score (nSPS) is 20.2. The molecule has 1 aliphatic heterocycles. The summed E-state index contributed by atoms with van der Waals surface area (Å²) in [6.45, 7) is 8.35. The summed E-state index contributed by atoms with van der Waals surface area (Å²) in [6, 6.07) is 3.77. The summed E-state index contributed by atoms with van der Waals surface area (Å²) in [4.78, 5) is 18.5. The maximum absolute atomic E-state index is 12.5. The van der Waals surface area contributed by atoms with Crippen LogP contribution in [0.5, 0.6) is 0 Å². The number of carbonyl (C=O) groups is 1. The molecule has 2 heterocycles. The third-order valence-electron chi connectivity index (χ3n) is 3.66. The van der Waals surface area contributed by atoms with Gasteiger partial charge < -0.3 is 10.2 Å². The van der Waals surface area contributed by atoms with E-state index in [9.17, 15) is 4.79 Å². The number of nitrogens with zero attached hydrogens (tertiary/aromatic N) is 2. The maximum Gasteiger partial charge on any atom is 0.244 e. The molecule has 1 amide bonds. The van der Waals surface area contributed by atoms with E-state index in [4.69, 9.17) is 0 Å². The van der Waals surface area contributed by atoms with Crippen LogP contribution in [0, 0.1) is 5.41 Å². The molecule has 0 radical (unpaired) electrons. The Morgan fingerprint density at radius 1 is 1.45 bits per heavy atom. The molecule has 1 saturated heterocycles. The van der Waals surface area contributed by atoms with Gasteiger partial charge in [0.15, 0.2) is 0 Å². The number of nitrogens with one attached hydrogen (secondary N) is 1. The molecule has 110 valence electrons. The van der Waals surface area contributed by atoms with Gasteiger partial charge in [-0.25, -0.2) is 0 Å². The fourth-order valence-electron chi connectivity index (χ4n) is 2.46. The van der Waals surface area contributed by atoms with Crippen molar-refractivity contribution in [3.05, 3.63) is 24.5 Å². The molecular weight excluding hydrogens is 250 g/mol. The molecule has 1 aromatic rings. The van der Waals surface area contributed by atoms with Crippen LogP contribution in [0.2, 0.25) is 0 Å². The largest absolute Gasteiger partial charge is 0.310 e. The second-order valence-corrected chi connectivity index (χ2v) is 6.66. The molecule has 1 fully saturated rings. The SMILES string of the molecule is CC(C)(C)CCN[C@H]1CCCN(c2cccnc2)C1=O. The first kappa shape index (κ1) is 15.0. The second kappa shape index (κ2) is 6.35. The highest BCUT2D eigenvalue weighted by Crippen LogP contribution is 2.21. The molecular formula is C16H25N3O. The fourth-order valence-corrected chi connectivity index (χ4v) is 2.46. The van der Waals surface area contributed by atoms with Crippen LogP contribution in [-0.4, -0.2) is 30.0 Å². The number of hydrogen-bond donors (Lipinski definition) is 1. The van der Waals surface area contributed by atoms with Crippen LogP contribution in [0.1, 0.15) is 40.0 Å². The highest BCUT2D eigenvalue weighted by atomic mass is 16.2. The van der Waals surface area contributed by atoms with E-state index >= 15 is 0 Å². The van der Waals surface area contributed by atoms with Crippen LogP contribution in [0.15, 0.2) is 24.5 Å². The standard InChI is InChI=1S/C16H25N3O/c1-16(2,3)8-10-18-14-7-5-11-19(15(14)20)13-6-4-9-17-12-13/h4,6,9,12,14,18H,5,7-8,10-11H2,1-3H3/t14-/m0/s1. The van der Waals surface area contributed by atoms with Crippen molar-refractivity contribution in [2.24, 2.45) is 5.41 Å². The van der Waals surface area contributed by atoms with Crippen LogP contribution in [-0.2, 0) is 4.79 Å². The van der Waals surface area contributed by atoms with E-state index < -0.39 is 0 Å². The number of amides is 1. The summed E-state index contributed by atoms with van der Waals surface area (Å²) in [5, 5.41) is 3.42. The Hall–Kier alpha value is -1.42. The Balaban J connectivity index is 1.94. The van der Waals surface area contributed by atoms with Crippen LogP contribution in [0.25, 0.3) is 0 Å². The third kappa shape index (κ3) is 4.04. The molecule has 4 heteroatoms. The van der Waals surface area contributed by atoms with Gasteiger partial charge in [0.25, 0.3) is 0 Å². The van der Waals surface area contributed by atoms with Gasteiger partial charge in [0.05, 0.1) is 17.9 Å². The van der Waals surface area contributed by atoms with Crippen molar-refractivity contribution in [3.63, 3.8) is 0 Å². The quantitative estimate of drug-likeness (QED) is 0.918. The van der Waals surface area contributed by atoms with Crippen LogP contribution < -0.4 is 10.2 Å². The van der Waals surface area contributed by atoms with Crippen LogP contribution in [0.3, 0.4) is 0 Å². The van der Waals surface area contributed by atoms with Gasteiger partial charge >= 0.3 is 0 Å². The van der Waals surface area contributed by atoms with Gasteiger partial charge in [0.2, 0.25) is 5.91 Å². The molecule has 0 bridgehead atoms. The van der Waals surface area contributed by atoms with E-state index in [2.05, 4.69) is 31.1 Å². The highest BCUT2D eigenvalue weighted by Gasteiger charge is 2.29. The van der Waals surface area contributed by atoms with E-state index in [1.54, 1.807) is 12.4 Å². The Labute approximate surface area is 121 Å². The number of piperidine rings is 1. The molecule has 1 aliphatic rings. The lowest BCUT2D eigenvalue weighted by Gasteiger charge is -2.33. The van der Waals surface area contributed by atoms with Gasteiger partial charge in [-0.3, -0.25) is 9.78 Å². The maximum atomic E-state index is 12.5. The van der Waals surface area contributed by atoms with E-state index in [-0.39, 0.29) is 11.9 Å². The van der Waals surface area contributed by atoms with Crippen LogP contribution in [0.4, 0.5) is 5.69 Å². The average Bonchev–Trinajstić information content (AvgIpc) is 2.40. The number of rotatable bonds is 4. The molecule has 0 spiro atoms. The summed E-state index contributed by atoms with van der Waals surface area (Å²) in [5.41, 5.74) is 1.20. The summed E-state index contributed by atoms with van der Waals surface area (Å²) in [6.07, 6.45) is 6.53. The monoisotopic (exact) mass is 275 g/mol. The van der Waals surface area contributed by atoms with Crippen molar-refractivity contribution < 1.29 is 4.79 Å². The lowest BCUT2D eigenvalue weighted by molar-refractivity contribution is -0.121. The molecule has 1 N–H and O–H groups in total. The first-order valence-electron chi connectivity index (χ1n) is 7.42. The molecule has 1 aromatic heterocycles. The highest BCUT2D eigenvalue weighted by molar-refractivity contribution is 5.97. The molecule has 1 atom stereocenters. The fraction of sp³-hybridized carbons (Fsp3) is 0.625. The minimum Gasteiger partial charge on any atom is -0.310 e. The van der Waals surface area contributed by atoms with Gasteiger partial charge in [0, 0.05) is 12.7 Å². The lowest BCUT2D eigenvalue weighted by atomic mass is 9.92. The summed E-state index contributed by atoms with van der Waals surface area (Å²) in [7, 11) is 0. The lowest BCUT2D eigenvalue weighted by Crippen LogP contribution is -2.51. The minimum absolute atomic E-state index is 0.0497. The number of pyridine rings is 1. The number of aromatic nitrogens is 1. The Kier molecular flexibility index (Phi) is 4.76. The molecule has 2 rings (SSSR count). The van der Waals surface area contributed by atoms with Gasteiger partial charge in [-0.1, -0.05) is 20.8 Å². The first-order chi connectivity index (χ1) is 9.47. The Morgan fingerprint density at radius 2 is 2.25 bits per heavy atom. The van der Waals surface area contributed by atoms with Crippen molar-refractivity contribution in [3.8, 4) is 0 Å². The van der Waals surface area contributed by atoms with Crippen LogP contribution >= 0.6 is 0 Å². The van der Waals surface area contributed by atoms with Gasteiger partial charge in [-0.05, 0) is 43.4 Å². The molecule has 20 heavy (non-hydrogen) atoms. The number of carbonyl (C=O) groups excluding carboxylic acids is 1. The molecule has 0 unspecified atom stereocenters. The predicted octanol–water partition coefficient (Wildman–Crippen LogP) is 2.60. The van der Waals surface area contributed by atoms with Crippen molar-refractivity contribution in [1.29, 1.82) is 0 Å². The number of hydrogen-bond acceptors (Lipinski definition) is 3. The minimum atomic E-state index is -0.0497. The third-order valence-corrected chi connectivity index (χ3v) is 3.66. The van der Waals surface area contributed by atoms with Crippen molar-refractivity contribution in [2.45, 2.75) is 46.1 Å². The predicted molar refractivity (Wildman–Crippen MR) is 81.7 cm³/mol. The number of anilines is 1. The van der Waals surface area contributed by atoms with Crippen molar-refractivity contribution in [1.82, 2.24) is 10.3 Å². The topological polar surface area (TPSA) is 45.2 Å². The average molecular weight is 275 g/mol. The summed E-state index contributed by atoms with van der Waals surface area (Å²) in [5.74, 6) is 0.179. The Morgan fingerprint density at radius 3 is 2.90 bits per heavy atom. The van der Waals surface area contributed by atoms with E-state index in [1.165, 1.54) is 0 Å². The zero-order chi connectivity index (χ0) is 14.6. The molecule has 0 aliphatic carbocycles. The van der Waals surface area contributed by atoms with Gasteiger partial charge in [-0.15, -0.1) is 0 Å². The molecule has 4 nitrogen and oxygen atoms in total. The van der Waals surface area contributed by atoms with E-state index in [1.807, 2.05) is 17.0 Å². The zero-order valence-electron chi connectivity index (χ0n) is 12.7. The summed E-state index contributed by atoms with van der Waals surface area (Å²) < 4.78 is 0. The first-order valence-corrected chi connectivity index (χ1v) is 7.42.